The topological polar surface area (TPSA) is 64.2 Å². The van der Waals surface area contributed by atoms with Crippen LogP contribution < -0.4 is 5.32 Å². The monoisotopic (exact) mass is 269 g/mol. The molecule has 20 heavy (non-hydrogen) atoms. The fraction of sp³-hybridized carbons (Fsp3) is 0.214. The number of nitrogens with zero attached hydrogens (tertiary/aromatic N) is 4. The maximum atomic E-state index is 12.2. The zero-order valence-electron chi connectivity index (χ0n) is 11.3. The summed E-state index contributed by atoms with van der Waals surface area (Å²) in [5.41, 5.74) is 1.38. The number of amides is 1. The lowest BCUT2D eigenvalue weighted by molar-refractivity contribution is 0.0930. The number of hydrogen-bond acceptors (Lipinski definition) is 3. The Balaban J connectivity index is 1.85. The zero-order valence-corrected chi connectivity index (χ0v) is 11.3. The van der Waals surface area contributed by atoms with Crippen LogP contribution in [0.1, 0.15) is 29.3 Å². The third-order valence-electron chi connectivity index (χ3n) is 3.25. The normalized spacial score (nSPS) is 12.5. The molecule has 3 rings (SSSR count). The third kappa shape index (κ3) is 2.05. The van der Waals surface area contributed by atoms with E-state index < -0.39 is 0 Å². The molecular weight excluding hydrogens is 254 g/mol. The molecule has 0 bridgehead atoms. The second kappa shape index (κ2) is 4.80. The number of rotatable bonds is 3. The van der Waals surface area contributed by atoms with E-state index in [1.165, 1.54) is 0 Å². The maximum absolute atomic E-state index is 12.2. The minimum Gasteiger partial charge on any atom is -0.347 e. The van der Waals surface area contributed by atoms with Gasteiger partial charge in [0.25, 0.3) is 5.91 Å². The number of fused-ring (bicyclic) bond motifs is 1. The molecule has 1 N–H and O–H groups in total. The Morgan fingerprint density at radius 1 is 1.20 bits per heavy atom. The van der Waals surface area contributed by atoms with Crippen LogP contribution in [0.25, 0.3) is 5.65 Å². The Labute approximate surface area is 116 Å². The van der Waals surface area contributed by atoms with Gasteiger partial charge in [-0.25, -0.2) is 0 Å². The largest absolute Gasteiger partial charge is 0.347 e. The van der Waals surface area contributed by atoms with Crippen molar-refractivity contribution in [2.75, 3.05) is 0 Å². The standard InChI is InChI=1S/C14H15N5O/c1-10(15-14(20)11-6-5-8-18(11)2)13-17-16-12-7-3-4-9-19(12)13/h3-10H,1-2H3,(H,15,20). The van der Waals surface area contributed by atoms with Crippen LogP contribution in [0.4, 0.5) is 0 Å². The summed E-state index contributed by atoms with van der Waals surface area (Å²) in [5.74, 6) is 0.584. The smallest absolute Gasteiger partial charge is 0.268 e. The third-order valence-corrected chi connectivity index (χ3v) is 3.25. The molecule has 0 fully saturated rings. The predicted molar refractivity (Wildman–Crippen MR) is 74.3 cm³/mol. The minimum atomic E-state index is -0.227. The number of aryl methyl sites for hydroxylation is 1. The van der Waals surface area contributed by atoms with Crippen molar-refractivity contribution in [3.05, 3.63) is 54.2 Å². The molecule has 0 aliphatic carbocycles. The molecule has 0 saturated carbocycles. The second-order valence-electron chi connectivity index (χ2n) is 4.69. The highest BCUT2D eigenvalue weighted by Crippen LogP contribution is 2.12. The van der Waals surface area contributed by atoms with Crippen molar-refractivity contribution in [2.24, 2.45) is 7.05 Å². The summed E-state index contributed by atoms with van der Waals surface area (Å²) in [6, 6.07) is 9.08. The Hall–Kier alpha value is -2.63. The molecule has 102 valence electrons. The Morgan fingerprint density at radius 2 is 2.05 bits per heavy atom. The summed E-state index contributed by atoms with van der Waals surface area (Å²) in [6.45, 7) is 1.89. The fourth-order valence-corrected chi connectivity index (χ4v) is 2.19. The van der Waals surface area contributed by atoms with Crippen molar-refractivity contribution < 1.29 is 4.79 Å². The number of aromatic nitrogens is 4. The Bertz CT molecular complexity index is 758. The number of pyridine rings is 1. The van der Waals surface area contributed by atoms with Gasteiger partial charge in [0.1, 0.15) is 5.69 Å². The van der Waals surface area contributed by atoms with Crippen molar-refractivity contribution in [2.45, 2.75) is 13.0 Å². The average molecular weight is 269 g/mol. The van der Waals surface area contributed by atoms with E-state index in [2.05, 4.69) is 15.5 Å². The van der Waals surface area contributed by atoms with Crippen LogP contribution in [0.15, 0.2) is 42.7 Å². The molecule has 0 radical (unpaired) electrons. The number of hydrogen-bond donors (Lipinski definition) is 1. The van der Waals surface area contributed by atoms with Gasteiger partial charge in [-0.1, -0.05) is 6.07 Å². The molecule has 0 saturated heterocycles. The lowest BCUT2D eigenvalue weighted by Crippen LogP contribution is -2.29. The van der Waals surface area contributed by atoms with E-state index in [1.54, 1.807) is 10.6 Å². The minimum absolute atomic E-state index is 0.127. The highest BCUT2D eigenvalue weighted by Gasteiger charge is 2.17. The van der Waals surface area contributed by atoms with E-state index in [1.807, 2.05) is 55.0 Å². The predicted octanol–water partition coefficient (Wildman–Crippen LogP) is 1.56. The average Bonchev–Trinajstić information content (AvgIpc) is 3.04. The van der Waals surface area contributed by atoms with Gasteiger partial charge in [0.15, 0.2) is 11.5 Å². The van der Waals surface area contributed by atoms with Crippen molar-refractivity contribution in [3.63, 3.8) is 0 Å². The Morgan fingerprint density at radius 3 is 2.80 bits per heavy atom. The van der Waals surface area contributed by atoms with Crippen LogP contribution >= 0.6 is 0 Å². The quantitative estimate of drug-likeness (QED) is 0.784. The van der Waals surface area contributed by atoms with Gasteiger partial charge < -0.3 is 9.88 Å². The van der Waals surface area contributed by atoms with Crippen LogP contribution in [-0.2, 0) is 7.05 Å². The molecule has 6 heteroatoms. The lowest BCUT2D eigenvalue weighted by atomic mass is 10.3. The van der Waals surface area contributed by atoms with Crippen molar-refractivity contribution in [1.82, 2.24) is 24.5 Å². The molecule has 1 unspecified atom stereocenters. The summed E-state index contributed by atoms with van der Waals surface area (Å²) in [7, 11) is 1.84. The van der Waals surface area contributed by atoms with Gasteiger partial charge >= 0.3 is 0 Å². The van der Waals surface area contributed by atoms with Gasteiger partial charge in [0, 0.05) is 19.4 Å². The molecule has 3 aromatic heterocycles. The zero-order chi connectivity index (χ0) is 14.1. The van der Waals surface area contributed by atoms with Crippen LogP contribution in [0.5, 0.6) is 0 Å². The van der Waals surface area contributed by atoms with Crippen LogP contribution in [0.2, 0.25) is 0 Å². The summed E-state index contributed by atoms with van der Waals surface area (Å²) < 4.78 is 3.65. The van der Waals surface area contributed by atoms with Gasteiger partial charge in [0.05, 0.1) is 6.04 Å². The molecule has 6 nitrogen and oxygen atoms in total. The maximum Gasteiger partial charge on any atom is 0.268 e. The Kier molecular flexibility index (Phi) is 2.98. The van der Waals surface area contributed by atoms with Gasteiger partial charge in [-0.15, -0.1) is 10.2 Å². The van der Waals surface area contributed by atoms with E-state index in [0.717, 1.165) is 5.65 Å². The first kappa shape index (κ1) is 12.4. The van der Waals surface area contributed by atoms with Gasteiger partial charge in [-0.3, -0.25) is 9.20 Å². The fourth-order valence-electron chi connectivity index (χ4n) is 2.19. The number of carbonyl (C=O) groups excluding carboxylic acids is 1. The van der Waals surface area contributed by atoms with Gasteiger partial charge in [-0.2, -0.15) is 0 Å². The molecule has 0 aromatic carbocycles. The lowest BCUT2D eigenvalue weighted by Gasteiger charge is -2.12. The van der Waals surface area contributed by atoms with Gasteiger partial charge in [0.2, 0.25) is 0 Å². The van der Waals surface area contributed by atoms with E-state index >= 15 is 0 Å². The molecule has 0 aliphatic heterocycles. The van der Waals surface area contributed by atoms with Gasteiger partial charge in [-0.05, 0) is 31.2 Å². The summed E-state index contributed by atoms with van der Waals surface area (Å²) in [6.07, 6.45) is 3.72. The van der Waals surface area contributed by atoms with E-state index in [0.29, 0.717) is 11.5 Å². The first-order valence-electron chi connectivity index (χ1n) is 6.38. The first-order chi connectivity index (χ1) is 9.66. The molecule has 3 heterocycles. The highest BCUT2D eigenvalue weighted by atomic mass is 16.2. The van der Waals surface area contributed by atoms with Crippen molar-refractivity contribution >= 4 is 11.6 Å². The first-order valence-corrected chi connectivity index (χ1v) is 6.38. The molecular formula is C14H15N5O. The van der Waals surface area contributed by atoms with Crippen LogP contribution in [0.3, 0.4) is 0 Å². The van der Waals surface area contributed by atoms with E-state index in [-0.39, 0.29) is 11.9 Å². The SMILES string of the molecule is CC(NC(=O)c1cccn1C)c1nnc2ccccn12. The summed E-state index contributed by atoms with van der Waals surface area (Å²) in [4.78, 5) is 12.2. The molecule has 1 atom stereocenters. The highest BCUT2D eigenvalue weighted by molar-refractivity contribution is 5.92. The molecule has 3 aromatic rings. The van der Waals surface area contributed by atoms with Crippen LogP contribution in [0, 0.1) is 0 Å². The molecule has 0 aliphatic rings. The van der Waals surface area contributed by atoms with E-state index in [9.17, 15) is 4.79 Å². The van der Waals surface area contributed by atoms with E-state index in [4.69, 9.17) is 0 Å². The number of carbonyl (C=O) groups is 1. The number of nitrogens with one attached hydrogen (secondary N) is 1. The summed E-state index contributed by atoms with van der Waals surface area (Å²) >= 11 is 0. The van der Waals surface area contributed by atoms with Crippen molar-refractivity contribution in [3.8, 4) is 0 Å². The van der Waals surface area contributed by atoms with Crippen molar-refractivity contribution in [1.29, 1.82) is 0 Å². The molecule has 1 amide bonds. The second-order valence-corrected chi connectivity index (χ2v) is 4.69. The van der Waals surface area contributed by atoms with Crippen LogP contribution in [-0.4, -0.2) is 25.1 Å². The molecule has 0 spiro atoms. The summed E-state index contributed by atoms with van der Waals surface area (Å²) in [5, 5.41) is 11.2.